The molecule has 152 valence electrons. The Kier molecular flexibility index (Phi) is 5.91. The monoisotopic (exact) mass is 411 g/mol. The zero-order valence-electron chi connectivity index (χ0n) is 16.4. The molecule has 2 fully saturated rings. The van der Waals surface area contributed by atoms with Crippen LogP contribution in [0.2, 0.25) is 5.02 Å². The lowest BCUT2D eigenvalue weighted by Crippen LogP contribution is -2.29. The van der Waals surface area contributed by atoms with Crippen LogP contribution in [0, 0.1) is 11.8 Å². The minimum atomic E-state index is -0.945. The van der Waals surface area contributed by atoms with Crippen LogP contribution in [0.3, 0.4) is 0 Å². The van der Waals surface area contributed by atoms with Gasteiger partial charge in [0.15, 0.2) is 0 Å². The molecule has 1 amide bonds. The lowest BCUT2D eigenvalue weighted by molar-refractivity contribution is -0.123. The fourth-order valence-corrected chi connectivity index (χ4v) is 5.36. The van der Waals surface area contributed by atoms with Crippen molar-refractivity contribution in [2.75, 3.05) is 6.54 Å². The van der Waals surface area contributed by atoms with Gasteiger partial charge >= 0.3 is 5.97 Å². The number of benzene rings is 2. The standard InChI is InChI=1S/C24H26ClNO3/c25-21-14-17(16-7-4-8-18(13-16)24(28)29)9-10-19(21)22(15-5-2-1-3-6-15)20-11-12-26-23(20)27/h4,7-10,13-15,20,22H,1-3,5-6,11-12H2,(H,26,27)(H,28,29). The van der Waals surface area contributed by atoms with Crippen molar-refractivity contribution in [3.63, 3.8) is 0 Å². The summed E-state index contributed by atoms with van der Waals surface area (Å²) in [6.07, 6.45) is 6.85. The topological polar surface area (TPSA) is 66.4 Å². The SMILES string of the molecule is O=C(O)c1cccc(-c2ccc(C(C3CCCCC3)C3CCNC3=O)c(Cl)c2)c1. The average Bonchev–Trinajstić information content (AvgIpc) is 3.16. The molecule has 0 bridgehead atoms. The number of hydrogen-bond acceptors (Lipinski definition) is 2. The number of carbonyl (C=O) groups is 2. The minimum absolute atomic E-state index is 0.0169. The highest BCUT2D eigenvalue weighted by atomic mass is 35.5. The number of hydrogen-bond donors (Lipinski definition) is 2. The molecule has 2 N–H and O–H groups in total. The van der Waals surface area contributed by atoms with E-state index in [1.165, 1.54) is 19.3 Å². The summed E-state index contributed by atoms with van der Waals surface area (Å²) < 4.78 is 0. The molecule has 1 saturated heterocycles. The maximum atomic E-state index is 12.5. The Labute approximate surface area is 176 Å². The van der Waals surface area contributed by atoms with E-state index in [2.05, 4.69) is 11.4 Å². The van der Waals surface area contributed by atoms with E-state index in [1.54, 1.807) is 18.2 Å². The third-order valence-corrected chi connectivity index (χ3v) is 6.81. The summed E-state index contributed by atoms with van der Waals surface area (Å²) in [6.45, 7) is 0.740. The molecule has 2 aromatic rings. The van der Waals surface area contributed by atoms with Crippen molar-refractivity contribution >= 4 is 23.5 Å². The van der Waals surface area contributed by atoms with Crippen molar-refractivity contribution in [1.29, 1.82) is 0 Å². The van der Waals surface area contributed by atoms with Crippen molar-refractivity contribution in [3.05, 3.63) is 58.6 Å². The van der Waals surface area contributed by atoms with Crippen LogP contribution >= 0.6 is 11.6 Å². The zero-order chi connectivity index (χ0) is 20.4. The maximum Gasteiger partial charge on any atom is 0.335 e. The van der Waals surface area contributed by atoms with Crippen molar-refractivity contribution in [1.82, 2.24) is 5.32 Å². The molecular formula is C24H26ClNO3. The molecule has 2 aromatic carbocycles. The van der Waals surface area contributed by atoms with E-state index in [0.29, 0.717) is 10.9 Å². The summed E-state index contributed by atoms with van der Waals surface area (Å²) in [5.74, 6) is -0.188. The number of nitrogens with one attached hydrogen (secondary N) is 1. The summed E-state index contributed by atoms with van der Waals surface area (Å²) in [5.41, 5.74) is 3.02. The van der Waals surface area contributed by atoms with Gasteiger partial charge < -0.3 is 10.4 Å². The van der Waals surface area contributed by atoms with Crippen LogP contribution in [0.1, 0.15) is 60.4 Å². The Hall–Kier alpha value is -2.33. The first-order chi connectivity index (χ1) is 14.0. The number of carboxylic acid groups (broad SMARTS) is 1. The van der Waals surface area contributed by atoms with Crippen LogP contribution in [-0.2, 0) is 4.79 Å². The van der Waals surface area contributed by atoms with Gasteiger partial charge in [-0.05, 0) is 66.0 Å². The van der Waals surface area contributed by atoms with Gasteiger partial charge in [-0.25, -0.2) is 4.79 Å². The maximum absolute atomic E-state index is 12.5. The summed E-state index contributed by atoms with van der Waals surface area (Å²) >= 11 is 6.77. The first kappa shape index (κ1) is 20.0. The van der Waals surface area contributed by atoms with Crippen LogP contribution in [0.5, 0.6) is 0 Å². The van der Waals surface area contributed by atoms with Crippen LogP contribution in [0.25, 0.3) is 11.1 Å². The van der Waals surface area contributed by atoms with Gasteiger partial charge in [0.25, 0.3) is 0 Å². The Morgan fingerprint density at radius 2 is 1.79 bits per heavy atom. The summed E-state index contributed by atoms with van der Waals surface area (Å²) in [4.78, 5) is 23.8. The minimum Gasteiger partial charge on any atom is -0.478 e. The van der Waals surface area contributed by atoms with Gasteiger partial charge in [-0.15, -0.1) is 0 Å². The molecule has 2 unspecified atom stereocenters. The lowest BCUT2D eigenvalue weighted by atomic mass is 9.70. The molecule has 29 heavy (non-hydrogen) atoms. The Morgan fingerprint density at radius 1 is 1.03 bits per heavy atom. The lowest BCUT2D eigenvalue weighted by Gasteiger charge is -2.34. The molecule has 1 aliphatic heterocycles. The third kappa shape index (κ3) is 4.18. The van der Waals surface area contributed by atoms with Gasteiger partial charge in [-0.1, -0.05) is 55.1 Å². The molecule has 0 aromatic heterocycles. The second-order valence-electron chi connectivity index (χ2n) is 8.23. The number of carboxylic acids is 1. The highest BCUT2D eigenvalue weighted by Crippen LogP contribution is 2.45. The fraction of sp³-hybridized carbons (Fsp3) is 0.417. The van der Waals surface area contributed by atoms with E-state index < -0.39 is 5.97 Å². The number of rotatable bonds is 5. The molecule has 2 aliphatic rings. The van der Waals surface area contributed by atoms with E-state index in [4.69, 9.17) is 11.6 Å². The first-order valence-electron chi connectivity index (χ1n) is 10.5. The van der Waals surface area contributed by atoms with Crippen molar-refractivity contribution in [2.45, 2.75) is 44.4 Å². The molecule has 2 atom stereocenters. The first-order valence-corrected chi connectivity index (χ1v) is 10.8. The van der Waals surface area contributed by atoms with Gasteiger partial charge in [-0.3, -0.25) is 4.79 Å². The number of carbonyl (C=O) groups excluding carboxylic acids is 1. The summed E-state index contributed by atoms with van der Waals surface area (Å²) in [6, 6.07) is 12.9. The molecule has 5 heteroatoms. The molecule has 1 aliphatic carbocycles. The molecular weight excluding hydrogens is 386 g/mol. The van der Waals surface area contributed by atoms with Crippen LogP contribution in [0.15, 0.2) is 42.5 Å². The molecule has 0 radical (unpaired) electrons. The molecule has 4 nitrogen and oxygen atoms in total. The second-order valence-corrected chi connectivity index (χ2v) is 8.64. The number of halogens is 1. The quantitative estimate of drug-likeness (QED) is 0.682. The van der Waals surface area contributed by atoms with E-state index in [0.717, 1.165) is 42.5 Å². The molecule has 4 rings (SSSR count). The predicted molar refractivity (Wildman–Crippen MR) is 114 cm³/mol. The fourth-order valence-electron chi connectivity index (χ4n) is 5.06. The van der Waals surface area contributed by atoms with Crippen molar-refractivity contribution in [3.8, 4) is 11.1 Å². The predicted octanol–water partition coefficient (Wildman–Crippen LogP) is 5.51. The largest absolute Gasteiger partial charge is 0.478 e. The van der Waals surface area contributed by atoms with Gasteiger partial charge in [-0.2, -0.15) is 0 Å². The van der Waals surface area contributed by atoms with Gasteiger partial charge in [0.1, 0.15) is 0 Å². The highest BCUT2D eigenvalue weighted by Gasteiger charge is 2.39. The van der Waals surface area contributed by atoms with Crippen LogP contribution < -0.4 is 5.32 Å². The van der Waals surface area contributed by atoms with E-state index in [-0.39, 0.29) is 23.3 Å². The molecule has 0 spiro atoms. The third-order valence-electron chi connectivity index (χ3n) is 6.48. The summed E-state index contributed by atoms with van der Waals surface area (Å²) in [5, 5.41) is 12.9. The van der Waals surface area contributed by atoms with E-state index in [1.807, 2.05) is 18.2 Å². The number of amides is 1. The zero-order valence-corrected chi connectivity index (χ0v) is 17.1. The van der Waals surface area contributed by atoms with Gasteiger partial charge in [0.2, 0.25) is 5.91 Å². The van der Waals surface area contributed by atoms with Crippen LogP contribution in [-0.4, -0.2) is 23.5 Å². The smallest absolute Gasteiger partial charge is 0.335 e. The number of aromatic carboxylic acids is 1. The van der Waals surface area contributed by atoms with Crippen LogP contribution in [0.4, 0.5) is 0 Å². The molecule has 1 heterocycles. The summed E-state index contributed by atoms with van der Waals surface area (Å²) in [7, 11) is 0. The van der Waals surface area contributed by atoms with Gasteiger partial charge in [0, 0.05) is 17.5 Å². The Morgan fingerprint density at radius 3 is 2.45 bits per heavy atom. The van der Waals surface area contributed by atoms with Crippen molar-refractivity contribution in [2.24, 2.45) is 11.8 Å². The van der Waals surface area contributed by atoms with E-state index in [9.17, 15) is 14.7 Å². The Bertz CT molecular complexity index is 920. The molecule has 1 saturated carbocycles. The highest BCUT2D eigenvalue weighted by molar-refractivity contribution is 6.31. The van der Waals surface area contributed by atoms with E-state index >= 15 is 0 Å². The van der Waals surface area contributed by atoms with Gasteiger partial charge in [0.05, 0.1) is 5.56 Å². The normalized spacial score (nSPS) is 21.0. The Balaban J connectivity index is 1.69. The average molecular weight is 412 g/mol. The second kappa shape index (κ2) is 8.58. The van der Waals surface area contributed by atoms with Crippen molar-refractivity contribution < 1.29 is 14.7 Å².